The second-order valence-corrected chi connectivity index (χ2v) is 5.97. The highest BCUT2D eigenvalue weighted by Crippen LogP contribution is 2.27. The van der Waals surface area contributed by atoms with Crippen molar-refractivity contribution in [2.45, 2.75) is 39.0 Å². The Balaban J connectivity index is 1.80. The maximum Gasteiger partial charge on any atom is 0.318 e. The largest absolute Gasteiger partial charge is 0.408 e. The average Bonchev–Trinajstić information content (AvgIpc) is 3.13. The highest BCUT2D eigenvalue weighted by atomic mass is 19.1. The van der Waals surface area contributed by atoms with Crippen LogP contribution in [0.15, 0.2) is 21.6 Å². The third kappa shape index (κ3) is 3.10. The van der Waals surface area contributed by atoms with Gasteiger partial charge in [0.15, 0.2) is 5.82 Å². The molecule has 3 heterocycles. The molecule has 0 N–H and O–H groups in total. The van der Waals surface area contributed by atoms with Crippen LogP contribution in [0.3, 0.4) is 0 Å². The predicted octanol–water partition coefficient (Wildman–Crippen LogP) is 1.01. The van der Waals surface area contributed by atoms with E-state index >= 15 is 0 Å². The topological polar surface area (TPSA) is 80.3 Å². The van der Waals surface area contributed by atoms with Crippen molar-refractivity contribution in [2.75, 3.05) is 29.9 Å². The first-order chi connectivity index (χ1) is 11.5. The van der Waals surface area contributed by atoms with Crippen LogP contribution in [-0.4, -0.2) is 52.1 Å². The minimum atomic E-state index is -0.966. The summed E-state index contributed by atoms with van der Waals surface area (Å²) in [5, 5.41) is 7.78. The number of hydrogen-bond donors (Lipinski definition) is 0. The Kier molecular flexibility index (Phi) is 4.50. The van der Waals surface area contributed by atoms with Crippen molar-refractivity contribution >= 4 is 11.8 Å². The maximum atomic E-state index is 13.9. The number of nitrogens with zero attached hydrogens (tertiary/aromatic N) is 6. The Bertz CT molecular complexity index is 760. The summed E-state index contributed by atoms with van der Waals surface area (Å²) < 4.78 is 21.0. The minimum absolute atomic E-state index is 0.155. The van der Waals surface area contributed by atoms with Gasteiger partial charge in [0.1, 0.15) is 6.17 Å². The molecule has 2 aromatic heterocycles. The maximum absolute atomic E-state index is 13.9. The van der Waals surface area contributed by atoms with E-state index in [1.807, 2.05) is 6.92 Å². The summed E-state index contributed by atoms with van der Waals surface area (Å²) >= 11 is 0. The summed E-state index contributed by atoms with van der Waals surface area (Å²) in [6.07, 6.45) is 2.63. The van der Waals surface area contributed by atoms with Crippen molar-refractivity contribution in [2.24, 2.45) is 0 Å². The summed E-state index contributed by atoms with van der Waals surface area (Å²) in [4.78, 5) is 20.1. The molecule has 0 saturated carbocycles. The second-order valence-electron chi connectivity index (χ2n) is 5.97. The van der Waals surface area contributed by atoms with E-state index in [1.54, 1.807) is 40.7 Å². The Hall–Kier alpha value is -2.45. The lowest BCUT2D eigenvalue weighted by atomic mass is 10.2. The van der Waals surface area contributed by atoms with Gasteiger partial charge in [0.05, 0.1) is 12.6 Å². The van der Waals surface area contributed by atoms with Gasteiger partial charge in [-0.15, -0.1) is 5.10 Å². The summed E-state index contributed by atoms with van der Waals surface area (Å²) in [5.74, 6) is 0.790. The molecule has 0 radical (unpaired) electrons. The van der Waals surface area contributed by atoms with Crippen molar-refractivity contribution in [3.63, 3.8) is 0 Å². The van der Waals surface area contributed by atoms with E-state index < -0.39 is 6.17 Å². The highest BCUT2D eigenvalue weighted by Gasteiger charge is 2.36. The monoisotopic (exact) mass is 336 g/mol. The first kappa shape index (κ1) is 16.4. The van der Waals surface area contributed by atoms with Gasteiger partial charge in [-0.25, -0.2) is 9.37 Å². The molecule has 0 aliphatic carbocycles. The third-order valence-corrected chi connectivity index (χ3v) is 4.21. The van der Waals surface area contributed by atoms with Gasteiger partial charge in [-0.1, -0.05) is 5.10 Å². The molecule has 2 aromatic rings. The molecule has 0 spiro atoms. The molecule has 1 fully saturated rings. The van der Waals surface area contributed by atoms with Gasteiger partial charge in [-0.05, 0) is 6.92 Å². The first-order valence-corrected chi connectivity index (χ1v) is 7.97. The summed E-state index contributed by atoms with van der Waals surface area (Å²) in [7, 11) is 1.78. The van der Waals surface area contributed by atoms with E-state index in [2.05, 4.69) is 15.2 Å². The van der Waals surface area contributed by atoms with Crippen molar-refractivity contribution in [1.82, 2.24) is 19.7 Å². The summed E-state index contributed by atoms with van der Waals surface area (Å²) in [6.45, 7) is 4.82. The molecule has 1 aliphatic heterocycles. The van der Waals surface area contributed by atoms with Crippen LogP contribution in [-0.2, 0) is 6.54 Å². The zero-order valence-electron chi connectivity index (χ0n) is 14.0. The number of anilines is 2. The van der Waals surface area contributed by atoms with Crippen LogP contribution in [0.4, 0.5) is 16.2 Å². The molecule has 0 aromatic carbocycles. The lowest BCUT2D eigenvalue weighted by molar-refractivity contribution is 0.356. The van der Waals surface area contributed by atoms with E-state index in [0.29, 0.717) is 37.2 Å². The molecule has 0 bridgehead atoms. The summed E-state index contributed by atoms with van der Waals surface area (Å²) in [5.41, 5.74) is -0.155. The van der Waals surface area contributed by atoms with Crippen molar-refractivity contribution in [3.8, 4) is 0 Å². The smallest absolute Gasteiger partial charge is 0.318 e. The minimum Gasteiger partial charge on any atom is -0.408 e. The Morgan fingerprint density at radius 1 is 1.46 bits per heavy atom. The lowest BCUT2D eigenvalue weighted by Crippen LogP contribution is -2.41. The van der Waals surface area contributed by atoms with Gasteiger partial charge in [0.25, 0.3) is 5.56 Å². The van der Waals surface area contributed by atoms with E-state index in [9.17, 15) is 9.18 Å². The van der Waals surface area contributed by atoms with Gasteiger partial charge >= 0.3 is 6.01 Å². The van der Waals surface area contributed by atoms with Crippen molar-refractivity contribution in [3.05, 3.63) is 28.6 Å². The van der Waals surface area contributed by atoms with Gasteiger partial charge in [0, 0.05) is 45.9 Å². The molecule has 9 heteroatoms. The highest BCUT2D eigenvalue weighted by molar-refractivity contribution is 5.38. The number of likely N-dealkylation sites (N-methyl/N-ethyl adjacent to an activating group) is 1. The third-order valence-electron chi connectivity index (χ3n) is 4.21. The predicted molar refractivity (Wildman–Crippen MR) is 87.1 cm³/mol. The molecular weight excluding hydrogens is 315 g/mol. The molecule has 1 saturated heterocycles. The fourth-order valence-electron chi connectivity index (χ4n) is 3.02. The van der Waals surface area contributed by atoms with E-state index in [4.69, 9.17) is 4.42 Å². The van der Waals surface area contributed by atoms with Crippen molar-refractivity contribution < 1.29 is 8.81 Å². The zero-order chi connectivity index (χ0) is 17.3. The average molecular weight is 336 g/mol. The molecule has 130 valence electrons. The number of alkyl halides is 1. The van der Waals surface area contributed by atoms with E-state index in [0.717, 1.165) is 0 Å². The molecule has 8 nitrogen and oxygen atoms in total. The van der Waals surface area contributed by atoms with E-state index in [-0.39, 0.29) is 18.1 Å². The molecular formula is C15H21FN6O2. The molecule has 0 unspecified atom stereocenters. The normalized spacial score (nSPS) is 20.6. The van der Waals surface area contributed by atoms with E-state index in [1.165, 1.54) is 0 Å². The van der Waals surface area contributed by atoms with Gasteiger partial charge in [-0.3, -0.25) is 4.79 Å². The van der Waals surface area contributed by atoms with Gasteiger partial charge in [-0.2, -0.15) is 0 Å². The second kappa shape index (κ2) is 6.58. The number of aromatic nitrogens is 4. The van der Waals surface area contributed by atoms with Crippen LogP contribution in [0.5, 0.6) is 0 Å². The summed E-state index contributed by atoms with van der Waals surface area (Å²) in [6, 6.07) is 0.152. The van der Waals surface area contributed by atoms with Crippen LogP contribution < -0.4 is 15.4 Å². The van der Waals surface area contributed by atoms with Crippen LogP contribution in [0.1, 0.15) is 19.2 Å². The lowest BCUT2D eigenvalue weighted by Gasteiger charge is -2.27. The Morgan fingerprint density at radius 3 is 2.92 bits per heavy atom. The van der Waals surface area contributed by atoms with Gasteiger partial charge in [0.2, 0.25) is 5.89 Å². The molecule has 2 atom stereocenters. The van der Waals surface area contributed by atoms with Crippen LogP contribution in [0.25, 0.3) is 0 Å². The van der Waals surface area contributed by atoms with Crippen LogP contribution >= 0.6 is 0 Å². The number of halogens is 1. The van der Waals surface area contributed by atoms with Crippen LogP contribution in [0.2, 0.25) is 0 Å². The number of hydrogen-bond acceptors (Lipinski definition) is 7. The quantitative estimate of drug-likeness (QED) is 0.806. The Labute approximate surface area is 138 Å². The fourth-order valence-corrected chi connectivity index (χ4v) is 3.02. The molecule has 3 rings (SSSR count). The number of aryl methyl sites for hydroxylation is 2. The van der Waals surface area contributed by atoms with Gasteiger partial charge < -0.3 is 18.8 Å². The fraction of sp³-hybridized carbons (Fsp3) is 0.600. The molecule has 1 aliphatic rings. The van der Waals surface area contributed by atoms with Crippen LogP contribution in [0, 0.1) is 6.92 Å². The number of rotatable bonds is 5. The SMILES string of the molecule is CCn1ccnc(N(C)C[C@@H]2C[C@H](F)CN2c2nnc(C)o2)c1=O. The van der Waals surface area contributed by atoms with Crippen molar-refractivity contribution in [1.29, 1.82) is 0 Å². The molecule has 0 amide bonds. The Morgan fingerprint density at radius 2 is 2.25 bits per heavy atom. The first-order valence-electron chi connectivity index (χ1n) is 7.97. The standard InChI is InChI=1S/C15H21FN6O2/c1-4-21-6-5-17-13(14(21)23)20(3)9-12-7-11(16)8-22(12)15-19-18-10(2)24-15/h5-6,11-12H,4,7-9H2,1-3H3/t11-,12-/m0/s1. The molecule has 24 heavy (non-hydrogen) atoms. The zero-order valence-corrected chi connectivity index (χ0v) is 14.0.